The van der Waals surface area contributed by atoms with Gasteiger partial charge in [-0.15, -0.1) is 0 Å². The van der Waals surface area contributed by atoms with Crippen LogP contribution in [0.5, 0.6) is 0 Å². The highest BCUT2D eigenvalue weighted by Crippen LogP contribution is 2.11. The average Bonchev–Trinajstić information content (AvgIpc) is 2.03. The van der Waals surface area contributed by atoms with Crippen molar-refractivity contribution >= 4 is 28.4 Å². The van der Waals surface area contributed by atoms with E-state index in [9.17, 15) is 0 Å². The molecule has 0 aromatic rings. The van der Waals surface area contributed by atoms with Crippen molar-refractivity contribution in [1.82, 2.24) is 0 Å². The molecule has 0 aromatic carbocycles. The first-order valence-electron chi connectivity index (χ1n) is 3.99. The van der Waals surface area contributed by atoms with E-state index in [-0.39, 0.29) is 0 Å². The maximum absolute atomic E-state index is 5.48. The molecule has 0 spiro atoms. The Kier molecular flexibility index (Phi) is 7.07. The molecule has 3 heteroatoms. The van der Waals surface area contributed by atoms with Crippen LogP contribution in [0, 0.1) is 0 Å². The molecule has 0 saturated heterocycles. The van der Waals surface area contributed by atoms with Crippen LogP contribution in [-0.4, -0.2) is 16.7 Å². The zero-order chi connectivity index (χ0) is 8.69. The second-order valence-electron chi connectivity index (χ2n) is 2.39. The minimum absolute atomic E-state index is 0.333. The highest BCUT2D eigenvalue weighted by Gasteiger charge is 2.06. The van der Waals surface area contributed by atoms with E-state index in [0.717, 1.165) is 19.3 Å². The molecule has 11 heavy (non-hydrogen) atoms. The Hall–Kier alpha value is 0.240. The van der Waals surface area contributed by atoms with E-state index in [1.807, 2.05) is 6.26 Å². The van der Waals surface area contributed by atoms with Gasteiger partial charge < -0.3 is 4.74 Å². The third-order valence-corrected chi connectivity index (χ3v) is 2.52. The molecule has 1 atom stereocenters. The molecule has 0 saturated carbocycles. The van der Waals surface area contributed by atoms with Gasteiger partial charge in [0.1, 0.15) is 0 Å². The van der Waals surface area contributed by atoms with Crippen molar-refractivity contribution in [2.75, 3.05) is 6.26 Å². The zero-order valence-electron chi connectivity index (χ0n) is 7.42. The molecule has 0 aromatic heterocycles. The first-order valence-corrected chi connectivity index (χ1v) is 5.62. The monoisotopic (exact) mass is 192 g/mol. The topological polar surface area (TPSA) is 9.23 Å². The van der Waals surface area contributed by atoms with Gasteiger partial charge in [0.25, 0.3) is 0 Å². The van der Waals surface area contributed by atoms with Gasteiger partial charge in [0.2, 0.25) is 4.38 Å². The number of thioether (sulfide) groups is 1. The van der Waals surface area contributed by atoms with Crippen LogP contribution >= 0.6 is 24.0 Å². The van der Waals surface area contributed by atoms with E-state index in [0.29, 0.717) is 10.5 Å². The summed E-state index contributed by atoms with van der Waals surface area (Å²) in [7, 11) is 0. The van der Waals surface area contributed by atoms with Gasteiger partial charge >= 0.3 is 0 Å². The summed E-state index contributed by atoms with van der Waals surface area (Å²) in [5, 5.41) is 0. The zero-order valence-corrected chi connectivity index (χ0v) is 9.06. The molecular weight excluding hydrogens is 176 g/mol. The van der Waals surface area contributed by atoms with Gasteiger partial charge in [-0.25, -0.2) is 0 Å². The maximum atomic E-state index is 5.48. The van der Waals surface area contributed by atoms with E-state index in [1.165, 1.54) is 11.8 Å². The Morgan fingerprint density at radius 2 is 2.18 bits per heavy atom. The summed E-state index contributed by atoms with van der Waals surface area (Å²) in [6, 6.07) is 0. The lowest BCUT2D eigenvalue weighted by molar-refractivity contribution is 0.184. The molecule has 0 aliphatic heterocycles. The summed E-state index contributed by atoms with van der Waals surface area (Å²) in [6.07, 6.45) is 5.60. The second kappa shape index (κ2) is 6.92. The van der Waals surface area contributed by atoms with Crippen LogP contribution in [0.3, 0.4) is 0 Å². The number of thiocarbonyl (C=S) groups is 1. The largest absolute Gasteiger partial charge is 0.475 e. The van der Waals surface area contributed by atoms with Gasteiger partial charge in [-0.1, -0.05) is 32.0 Å². The first kappa shape index (κ1) is 11.2. The number of ether oxygens (including phenoxy) is 1. The minimum Gasteiger partial charge on any atom is -0.475 e. The van der Waals surface area contributed by atoms with Crippen molar-refractivity contribution in [1.29, 1.82) is 0 Å². The molecule has 66 valence electrons. The van der Waals surface area contributed by atoms with Gasteiger partial charge in [0.15, 0.2) is 0 Å². The number of rotatable bonds is 4. The van der Waals surface area contributed by atoms with Crippen LogP contribution < -0.4 is 0 Å². The van der Waals surface area contributed by atoms with Crippen LogP contribution in [0.2, 0.25) is 0 Å². The minimum atomic E-state index is 0.333. The third kappa shape index (κ3) is 5.50. The summed E-state index contributed by atoms with van der Waals surface area (Å²) < 4.78 is 6.16. The molecule has 0 radical (unpaired) electrons. The molecule has 0 fully saturated rings. The Balaban J connectivity index is 3.58. The Morgan fingerprint density at radius 1 is 1.55 bits per heavy atom. The second-order valence-corrected chi connectivity index (χ2v) is 3.80. The van der Waals surface area contributed by atoms with E-state index >= 15 is 0 Å². The maximum Gasteiger partial charge on any atom is 0.219 e. The Bertz CT molecular complexity index is 115. The van der Waals surface area contributed by atoms with E-state index in [4.69, 9.17) is 17.0 Å². The summed E-state index contributed by atoms with van der Waals surface area (Å²) in [4.78, 5) is 0. The van der Waals surface area contributed by atoms with Gasteiger partial charge in [-0.05, 0) is 31.3 Å². The van der Waals surface area contributed by atoms with Crippen molar-refractivity contribution in [2.45, 2.75) is 39.2 Å². The molecular formula is C8H16OS2. The lowest BCUT2D eigenvalue weighted by atomic mass is 10.2. The Morgan fingerprint density at radius 3 is 2.55 bits per heavy atom. The van der Waals surface area contributed by atoms with E-state index < -0.39 is 0 Å². The van der Waals surface area contributed by atoms with Crippen molar-refractivity contribution in [3.8, 4) is 0 Å². The molecule has 0 amide bonds. The normalized spacial score (nSPS) is 12.6. The van der Waals surface area contributed by atoms with Crippen molar-refractivity contribution < 1.29 is 4.74 Å². The fraction of sp³-hybridized carbons (Fsp3) is 0.875. The molecule has 1 nitrogen and oxygen atoms in total. The fourth-order valence-corrected chi connectivity index (χ4v) is 1.22. The average molecular weight is 192 g/mol. The van der Waals surface area contributed by atoms with Gasteiger partial charge in [-0.3, -0.25) is 0 Å². The van der Waals surface area contributed by atoms with Crippen LogP contribution in [0.25, 0.3) is 0 Å². The molecule has 0 N–H and O–H groups in total. The van der Waals surface area contributed by atoms with E-state index in [2.05, 4.69) is 13.8 Å². The van der Waals surface area contributed by atoms with Crippen LogP contribution in [0.4, 0.5) is 0 Å². The molecule has 0 heterocycles. The van der Waals surface area contributed by atoms with Gasteiger partial charge in [0, 0.05) is 0 Å². The molecule has 0 bridgehead atoms. The molecule has 1 unspecified atom stereocenters. The van der Waals surface area contributed by atoms with Crippen molar-refractivity contribution in [3.63, 3.8) is 0 Å². The van der Waals surface area contributed by atoms with Crippen LogP contribution in [-0.2, 0) is 4.74 Å². The van der Waals surface area contributed by atoms with Gasteiger partial charge in [0.05, 0.1) is 6.10 Å². The summed E-state index contributed by atoms with van der Waals surface area (Å²) in [5.41, 5.74) is 0. The van der Waals surface area contributed by atoms with Crippen molar-refractivity contribution in [2.24, 2.45) is 0 Å². The SMILES string of the molecule is CCCC(CC)OC(=S)SC. The highest BCUT2D eigenvalue weighted by molar-refractivity contribution is 8.22. The first-order chi connectivity index (χ1) is 5.24. The molecule has 0 rings (SSSR count). The molecule has 0 aliphatic carbocycles. The highest BCUT2D eigenvalue weighted by atomic mass is 32.2. The Labute approximate surface area is 78.9 Å². The van der Waals surface area contributed by atoms with Crippen LogP contribution in [0.15, 0.2) is 0 Å². The summed E-state index contributed by atoms with van der Waals surface area (Å²) in [5.74, 6) is 0. The quantitative estimate of drug-likeness (QED) is 0.633. The van der Waals surface area contributed by atoms with Crippen LogP contribution in [0.1, 0.15) is 33.1 Å². The fourth-order valence-electron chi connectivity index (χ4n) is 0.853. The number of hydrogen-bond donors (Lipinski definition) is 0. The third-order valence-electron chi connectivity index (χ3n) is 1.50. The molecule has 0 aliphatic rings. The summed E-state index contributed by atoms with van der Waals surface area (Å²) in [6.45, 7) is 4.29. The van der Waals surface area contributed by atoms with Crippen molar-refractivity contribution in [3.05, 3.63) is 0 Å². The number of hydrogen-bond acceptors (Lipinski definition) is 3. The summed E-state index contributed by atoms with van der Waals surface area (Å²) >= 11 is 6.46. The van der Waals surface area contributed by atoms with E-state index in [1.54, 1.807) is 0 Å². The smallest absolute Gasteiger partial charge is 0.219 e. The predicted molar refractivity (Wildman–Crippen MR) is 56.2 cm³/mol. The predicted octanol–water partition coefficient (Wildman–Crippen LogP) is 3.23. The lowest BCUT2D eigenvalue weighted by Crippen LogP contribution is -2.13. The standard InChI is InChI=1S/C8H16OS2/c1-4-6-7(5-2)9-8(10)11-3/h7H,4-6H2,1-3H3. The lowest BCUT2D eigenvalue weighted by Gasteiger charge is -2.15. The van der Waals surface area contributed by atoms with Gasteiger partial charge in [-0.2, -0.15) is 0 Å².